The lowest BCUT2D eigenvalue weighted by Crippen LogP contribution is -2.39. The fraction of sp³-hybridized carbons (Fsp3) is 0.545. The number of aromatic nitrogens is 2. The average molecular weight is 510 g/mol. The predicted molar refractivity (Wildman–Crippen MR) is 131 cm³/mol. The molecule has 1 aliphatic heterocycles. The molecule has 0 atom stereocenters. The topological polar surface area (TPSA) is 57.5 Å². The summed E-state index contributed by atoms with van der Waals surface area (Å²) in [6.45, 7) is 7.86. The van der Waals surface area contributed by atoms with Crippen molar-refractivity contribution in [3.8, 4) is 0 Å². The second kappa shape index (κ2) is 12.8. The summed E-state index contributed by atoms with van der Waals surface area (Å²) in [6, 6.07) is 10.4. The minimum absolute atomic E-state index is 0. The van der Waals surface area contributed by atoms with E-state index in [1.54, 1.807) is 0 Å². The van der Waals surface area contributed by atoms with E-state index in [9.17, 15) is 0 Å². The number of nitrogens with one attached hydrogen (secondary N) is 2. The van der Waals surface area contributed by atoms with Gasteiger partial charge in [0.25, 0.3) is 0 Å². The van der Waals surface area contributed by atoms with Crippen LogP contribution in [-0.4, -0.2) is 53.9 Å². The lowest BCUT2D eigenvalue weighted by molar-refractivity contribution is 0.213. The van der Waals surface area contributed by atoms with Crippen LogP contribution in [0.2, 0.25) is 0 Å². The third-order valence-corrected chi connectivity index (χ3v) is 5.44. The molecule has 29 heavy (non-hydrogen) atoms. The Hall–Kier alpha value is -1.61. The summed E-state index contributed by atoms with van der Waals surface area (Å²) in [5.41, 5.74) is 2.50. The second-order valence-electron chi connectivity index (χ2n) is 7.63. The van der Waals surface area contributed by atoms with Gasteiger partial charge in [-0.1, -0.05) is 24.3 Å². The highest BCUT2D eigenvalue weighted by Crippen LogP contribution is 2.18. The minimum Gasteiger partial charge on any atom is -0.357 e. The first-order valence-corrected chi connectivity index (χ1v) is 10.5. The van der Waals surface area contributed by atoms with Gasteiger partial charge in [0.15, 0.2) is 5.96 Å². The maximum Gasteiger partial charge on any atom is 0.191 e. The highest BCUT2D eigenvalue weighted by molar-refractivity contribution is 14.0. The van der Waals surface area contributed by atoms with Crippen molar-refractivity contribution in [1.29, 1.82) is 0 Å². The zero-order chi connectivity index (χ0) is 19.6. The highest BCUT2D eigenvalue weighted by Gasteiger charge is 2.16. The molecule has 0 amide bonds. The van der Waals surface area contributed by atoms with Crippen molar-refractivity contribution < 1.29 is 0 Å². The van der Waals surface area contributed by atoms with E-state index in [1.165, 1.54) is 43.5 Å². The second-order valence-corrected chi connectivity index (χ2v) is 7.63. The van der Waals surface area contributed by atoms with Gasteiger partial charge in [0, 0.05) is 25.5 Å². The molecular weight excluding hydrogens is 475 g/mol. The van der Waals surface area contributed by atoms with Crippen LogP contribution in [-0.2, 0) is 13.1 Å². The van der Waals surface area contributed by atoms with E-state index >= 15 is 0 Å². The normalized spacial score (nSPS) is 15.7. The maximum atomic E-state index is 4.82. The molecule has 7 heteroatoms. The molecule has 2 N–H and O–H groups in total. The van der Waals surface area contributed by atoms with Crippen molar-refractivity contribution in [1.82, 2.24) is 25.3 Å². The van der Waals surface area contributed by atoms with Crippen LogP contribution in [0.4, 0.5) is 0 Å². The van der Waals surface area contributed by atoms with Gasteiger partial charge in [0.1, 0.15) is 0 Å². The molecule has 1 aromatic carbocycles. The number of guanidine groups is 1. The predicted octanol–water partition coefficient (Wildman–Crippen LogP) is 3.34. The first-order chi connectivity index (χ1) is 13.7. The number of piperidine rings is 1. The molecule has 0 radical (unpaired) electrons. The van der Waals surface area contributed by atoms with E-state index in [1.807, 2.05) is 23.1 Å². The van der Waals surface area contributed by atoms with Crippen molar-refractivity contribution in [2.75, 3.05) is 33.2 Å². The van der Waals surface area contributed by atoms with E-state index < -0.39 is 0 Å². The summed E-state index contributed by atoms with van der Waals surface area (Å²) in [6.07, 6.45) is 7.65. The van der Waals surface area contributed by atoms with Crippen molar-refractivity contribution in [3.63, 3.8) is 0 Å². The Kier molecular flexibility index (Phi) is 10.5. The molecule has 1 aromatic heterocycles. The number of hydrogen-bond donors (Lipinski definition) is 2. The molecule has 1 aliphatic rings. The zero-order valence-electron chi connectivity index (χ0n) is 17.7. The summed E-state index contributed by atoms with van der Waals surface area (Å²) in [5, 5.41) is 11.2. The van der Waals surface area contributed by atoms with E-state index in [4.69, 9.17) is 4.99 Å². The molecule has 0 aliphatic carbocycles. The molecule has 6 nitrogen and oxygen atoms in total. The number of nitrogens with zero attached hydrogens (tertiary/aromatic N) is 4. The first-order valence-electron chi connectivity index (χ1n) is 10.5. The number of hydrogen-bond acceptors (Lipinski definition) is 3. The van der Waals surface area contributed by atoms with Gasteiger partial charge in [-0.25, -0.2) is 4.99 Å². The fourth-order valence-corrected chi connectivity index (χ4v) is 3.69. The molecule has 0 spiro atoms. The number of likely N-dealkylation sites (tertiary alicyclic amines) is 1. The van der Waals surface area contributed by atoms with E-state index in [-0.39, 0.29) is 24.0 Å². The van der Waals surface area contributed by atoms with Gasteiger partial charge in [0.05, 0.1) is 13.1 Å². The minimum atomic E-state index is 0. The summed E-state index contributed by atoms with van der Waals surface area (Å²) in [4.78, 5) is 7.25. The average Bonchev–Trinajstić information content (AvgIpc) is 3.22. The lowest BCUT2D eigenvalue weighted by atomic mass is 9.94. The van der Waals surface area contributed by atoms with Crippen LogP contribution in [0.3, 0.4) is 0 Å². The molecule has 1 fully saturated rings. The maximum absolute atomic E-state index is 4.82. The Morgan fingerprint density at radius 2 is 1.90 bits per heavy atom. The molecule has 0 unspecified atom stereocenters. The summed E-state index contributed by atoms with van der Waals surface area (Å²) >= 11 is 0. The monoisotopic (exact) mass is 510 g/mol. The quantitative estimate of drug-likeness (QED) is 0.325. The smallest absolute Gasteiger partial charge is 0.191 e. The number of aliphatic imine (C=N–C) groups is 1. The standard InChI is InChI=1S/C22H34N6.HI/c1-3-23-22(24-13-9-19-10-15-27(2)16-11-19)25-17-20-7-4-5-8-21(20)18-28-14-6-12-26-28;/h4-8,12,14,19H,3,9-11,13,15-18H2,1-2H3,(H2,23,24,25);1H. The largest absolute Gasteiger partial charge is 0.357 e. The van der Waals surface area contributed by atoms with Crippen LogP contribution in [0.15, 0.2) is 47.7 Å². The fourth-order valence-electron chi connectivity index (χ4n) is 3.69. The molecule has 2 heterocycles. The summed E-state index contributed by atoms with van der Waals surface area (Å²) in [5.74, 6) is 1.74. The third kappa shape index (κ3) is 7.97. The van der Waals surface area contributed by atoms with Gasteiger partial charge >= 0.3 is 0 Å². The Bertz CT molecular complexity index is 723. The number of rotatable bonds is 8. The highest BCUT2D eigenvalue weighted by atomic mass is 127. The van der Waals surface area contributed by atoms with Crippen molar-refractivity contribution >= 4 is 29.9 Å². The van der Waals surface area contributed by atoms with Gasteiger partial charge in [-0.15, -0.1) is 24.0 Å². The van der Waals surface area contributed by atoms with Crippen molar-refractivity contribution in [2.24, 2.45) is 10.9 Å². The lowest BCUT2D eigenvalue weighted by Gasteiger charge is -2.29. The molecule has 3 rings (SSSR count). The van der Waals surface area contributed by atoms with Crippen molar-refractivity contribution in [2.45, 2.75) is 39.3 Å². The Morgan fingerprint density at radius 1 is 1.14 bits per heavy atom. The summed E-state index contributed by atoms with van der Waals surface area (Å²) < 4.78 is 1.95. The van der Waals surface area contributed by atoms with Crippen LogP contribution in [0, 0.1) is 5.92 Å². The molecule has 0 bridgehead atoms. The van der Waals surface area contributed by atoms with Gasteiger partial charge in [0.2, 0.25) is 0 Å². The van der Waals surface area contributed by atoms with Gasteiger partial charge < -0.3 is 15.5 Å². The van der Waals surface area contributed by atoms with Crippen LogP contribution in [0.25, 0.3) is 0 Å². The van der Waals surface area contributed by atoms with E-state index in [0.717, 1.165) is 31.5 Å². The van der Waals surface area contributed by atoms with E-state index in [2.05, 4.69) is 58.9 Å². The Labute approximate surface area is 192 Å². The van der Waals surface area contributed by atoms with Gasteiger partial charge in [-0.05, 0) is 69.4 Å². The first kappa shape index (κ1) is 23.7. The molecular formula is C22H35IN6. The van der Waals surface area contributed by atoms with Crippen molar-refractivity contribution in [3.05, 3.63) is 53.9 Å². The number of benzene rings is 1. The SMILES string of the molecule is CCNC(=NCc1ccccc1Cn1cccn1)NCCC1CCN(C)CC1.I. The third-order valence-electron chi connectivity index (χ3n) is 5.44. The number of halogens is 1. The molecule has 160 valence electrons. The van der Waals surface area contributed by atoms with Crippen LogP contribution in [0.1, 0.15) is 37.3 Å². The van der Waals surface area contributed by atoms with Crippen LogP contribution in [0.5, 0.6) is 0 Å². The zero-order valence-corrected chi connectivity index (χ0v) is 20.0. The Balaban J connectivity index is 0.00000300. The molecule has 0 saturated carbocycles. The van der Waals surface area contributed by atoms with Crippen LogP contribution < -0.4 is 10.6 Å². The molecule has 1 saturated heterocycles. The molecule has 2 aromatic rings. The Morgan fingerprint density at radius 3 is 2.59 bits per heavy atom. The van der Waals surface area contributed by atoms with Gasteiger partial charge in [-0.3, -0.25) is 4.68 Å². The van der Waals surface area contributed by atoms with Crippen LogP contribution >= 0.6 is 24.0 Å². The van der Waals surface area contributed by atoms with E-state index in [0.29, 0.717) is 6.54 Å². The summed E-state index contributed by atoms with van der Waals surface area (Å²) in [7, 11) is 2.22. The van der Waals surface area contributed by atoms with Gasteiger partial charge in [-0.2, -0.15) is 5.10 Å².